The van der Waals surface area contributed by atoms with Crippen LogP contribution in [0.1, 0.15) is 13.3 Å². The first-order valence-corrected chi connectivity index (χ1v) is 12.1. The maximum absolute atomic E-state index is 5.94. The van der Waals surface area contributed by atoms with Crippen LogP contribution in [0.3, 0.4) is 0 Å². The fourth-order valence-corrected chi connectivity index (χ4v) is 3.37. The summed E-state index contributed by atoms with van der Waals surface area (Å²) in [5.74, 6) is 0.699. The van der Waals surface area contributed by atoms with Gasteiger partial charge in [-0.3, -0.25) is 0 Å². The Morgan fingerprint density at radius 2 is 2.26 bits per heavy atom. The highest BCUT2D eigenvalue weighted by atomic mass is 28.3. The number of hydrogen-bond acceptors (Lipinski definition) is 4. The minimum absolute atomic E-state index is 0.185. The van der Waals surface area contributed by atoms with E-state index in [9.17, 15) is 0 Å². The van der Waals surface area contributed by atoms with Gasteiger partial charge in [-0.1, -0.05) is 19.6 Å². The Morgan fingerprint density at radius 3 is 3.04 bits per heavy atom. The predicted molar refractivity (Wildman–Crippen MR) is 97.0 cm³/mol. The smallest absolute Gasteiger partial charge is 0.239 e. The molecule has 23 heavy (non-hydrogen) atoms. The number of nitrogens with one attached hydrogen (secondary N) is 1. The molecular formula is C17H27N3O2Si. The van der Waals surface area contributed by atoms with E-state index in [1.807, 2.05) is 6.20 Å². The molecule has 3 rings (SSSR count). The number of anilines is 1. The highest BCUT2D eigenvalue weighted by Gasteiger charge is 2.17. The first kappa shape index (κ1) is 16.3. The van der Waals surface area contributed by atoms with Crippen molar-refractivity contribution in [1.29, 1.82) is 0 Å². The summed E-state index contributed by atoms with van der Waals surface area (Å²) in [6, 6.07) is 5.38. The van der Waals surface area contributed by atoms with E-state index in [-0.39, 0.29) is 6.10 Å². The quantitative estimate of drug-likeness (QED) is 0.665. The van der Waals surface area contributed by atoms with Crippen LogP contribution in [0.5, 0.6) is 5.88 Å². The Morgan fingerprint density at radius 1 is 1.43 bits per heavy atom. The molecule has 0 amide bonds. The van der Waals surface area contributed by atoms with E-state index in [4.69, 9.17) is 14.5 Å². The van der Waals surface area contributed by atoms with E-state index in [2.05, 4.69) is 48.6 Å². The van der Waals surface area contributed by atoms with Crippen LogP contribution < -0.4 is 10.1 Å². The van der Waals surface area contributed by atoms with Gasteiger partial charge in [0.25, 0.3) is 0 Å². The number of fused-ring (bicyclic) bond motifs is 2. The van der Waals surface area contributed by atoms with E-state index >= 15 is 0 Å². The average molecular weight is 334 g/mol. The third-order valence-electron chi connectivity index (χ3n) is 4.11. The Bertz CT molecular complexity index is 678. The van der Waals surface area contributed by atoms with Gasteiger partial charge in [-0.15, -0.1) is 0 Å². The van der Waals surface area contributed by atoms with Gasteiger partial charge < -0.3 is 19.4 Å². The monoisotopic (exact) mass is 333 g/mol. The van der Waals surface area contributed by atoms with Crippen LogP contribution in [-0.4, -0.2) is 36.9 Å². The maximum Gasteiger partial charge on any atom is 0.239 e. The fraction of sp³-hybridized carbons (Fsp3) is 0.588. The molecule has 0 unspecified atom stereocenters. The van der Waals surface area contributed by atoms with E-state index < -0.39 is 8.07 Å². The number of rotatable bonds is 5. The van der Waals surface area contributed by atoms with E-state index in [1.54, 1.807) is 0 Å². The van der Waals surface area contributed by atoms with E-state index in [1.165, 1.54) is 6.04 Å². The third kappa shape index (κ3) is 4.06. The Hall–Kier alpha value is -1.53. The van der Waals surface area contributed by atoms with Crippen LogP contribution in [0.2, 0.25) is 25.7 Å². The summed E-state index contributed by atoms with van der Waals surface area (Å²) in [5.41, 5.74) is 1.91. The molecule has 0 fully saturated rings. The molecule has 1 aliphatic heterocycles. The van der Waals surface area contributed by atoms with Gasteiger partial charge in [-0.25, -0.2) is 0 Å². The van der Waals surface area contributed by atoms with Crippen molar-refractivity contribution in [3.63, 3.8) is 0 Å². The second-order valence-corrected chi connectivity index (χ2v) is 13.2. The number of hydrogen-bond donors (Lipinski definition) is 1. The number of ether oxygens (including phenoxy) is 2. The molecule has 1 N–H and O–H groups in total. The zero-order valence-corrected chi connectivity index (χ0v) is 15.6. The van der Waals surface area contributed by atoms with Crippen LogP contribution in [0.4, 0.5) is 5.69 Å². The Labute approximate surface area is 139 Å². The Balaban J connectivity index is 1.75. The largest absolute Gasteiger partial charge is 0.473 e. The lowest BCUT2D eigenvalue weighted by atomic mass is 10.3. The standard InChI is InChI=1S/C17H27N3O2Si/c1-13-5-7-18-15-11-14-6-8-20(16(14)19-17(15)22-13)12-21-9-10-23(2,3)4/h6,8,11,13,18H,5,7,9-10,12H2,1-4H3/t13-/m0/s1. The predicted octanol–water partition coefficient (Wildman–Crippen LogP) is 3.93. The van der Waals surface area contributed by atoms with Crippen molar-refractivity contribution in [2.24, 2.45) is 0 Å². The minimum atomic E-state index is -1.04. The first-order chi connectivity index (χ1) is 10.9. The molecule has 6 heteroatoms. The van der Waals surface area contributed by atoms with Crippen molar-refractivity contribution in [3.8, 4) is 5.88 Å². The van der Waals surface area contributed by atoms with Crippen molar-refractivity contribution in [3.05, 3.63) is 18.3 Å². The van der Waals surface area contributed by atoms with Crippen LogP contribution in [0, 0.1) is 0 Å². The second kappa shape index (κ2) is 6.53. The van der Waals surface area contributed by atoms with Gasteiger partial charge >= 0.3 is 0 Å². The van der Waals surface area contributed by atoms with Crippen LogP contribution >= 0.6 is 0 Å². The van der Waals surface area contributed by atoms with E-state index in [0.717, 1.165) is 36.3 Å². The summed E-state index contributed by atoms with van der Waals surface area (Å²) in [7, 11) is -1.04. The van der Waals surface area contributed by atoms with Gasteiger partial charge in [-0.05, 0) is 25.1 Å². The molecule has 3 heterocycles. The highest BCUT2D eigenvalue weighted by Crippen LogP contribution is 2.30. The molecule has 1 atom stereocenters. The van der Waals surface area contributed by atoms with Crippen molar-refractivity contribution >= 4 is 24.8 Å². The summed E-state index contributed by atoms with van der Waals surface area (Å²) in [5, 5.41) is 4.52. The van der Waals surface area contributed by atoms with Crippen molar-refractivity contribution in [1.82, 2.24) is 9.55 Å². The zero-order valence-electron chi connectivity index (χ0n) is 14.6. The molecule has 126 valence electrons. The van der Waals surface area contributed by atoms with Gasteiger partial charge in [0.05, 0.1) is 11.8 Å². The highest BCUT2D eigenvalue weighted by molar-refractivity contribution is 6.76. The molecule has 5 nitrogen and oxygen atoms in total. The fourth-order valence-electron chi connectivity index (χ4n) is 2.62. The summed E-state index contributed by atoms with van der Waals surface area (Å²) >= 11 is 0. The van der Waals surface area contributed by atoms with Crippen molar-refractivity contribution in [2.75, 3.05) is 18.5 Å². The molecule has 2 aromatic rings. The first-order valence-electron chi connectivity index (χ1n) is 8.40. The SMILES string of the molecule is C[C@H]1CCNc2cc3ccn(COCC[Si](C)(C)C)c3nc2O1. The van der Waals surface area contributed by atoms with Gasteiger partial charge in [0.1, 0.15) is 12.4 Å². The molecular weight excluding hydrogens is 306 g/mol. The molecule has 0 aromatic carbocycles. The average Bonchev–Trinajstić information content (AvgIpc) is 2.74. The summed E-state index contributed by atoms with van der Waals surface area (Å²) in [6.45, 7) is 11.5. The molecule has 1 aliphatic rings. The lowest BCUT2D eigenvalue weighted by Gasteiger charge is -2.16. The van der Waals surface area contributed by atoms with Crippen molar-refractivity contribution < 1.29 is 9.47 Å². The molecule has 0 saturated carbocycles. The maximum atomic E-state index is 5.94. The summed E-state index contributed by atoms with van der Waals surface area (Å²) < 4.78 is 13.8. The van der Waals surface area contributed by atoms with Gasteiger partial charge in [0.2, 0.25) is 5.88 Å². The zero-order chi connectivity index (χ0) is 16.4. The topological polar surface area (TPSA) is 48.3 Å². The van der Waals surface area contributed by atoms with E-state index in [0.29, 0.717) is 12.6 Å². The summed E-state index contributed by atoms with van der Waals surface area (Å²) in [6.07, 6.45) is 3.21. The molecule has 0 aliphatic carbocycles. The minimum Gasteiger partial charge on any atom is -0.473 e. The lowest BCUT2D eigenvalue weighted by Crippen LogP contribution is -2.22. The molecule has 0 saturated heterocycles. The van der Waals surface area contributed by atoms with Crippen molar-refractivity contribution in [2.45, 2.75) is 51.9 Å². The van der Waals surface area contributed by atoms with Gasteiger partial charge in [0.15, 0.2) is 0 Å². The Kier molecular flexibility index (Phi) is 4.64. The molecule has 0 radical (unpaired) electrons. The van der Waals surface area contributed by atoms with Gasteiger partial charge in [-0.2, -0.15) is 4.98 Å². The molecule has 2 aromatic heterocycles. The molecule has 0 bridgehead atoms. The number of aromatic nitrogens is 2. The molecule has 0 spiro atoms. The van der Waals surface area contributed by atoms with Crippen LogP contribution in [-0.2, 0) is 11.5 Å². The summed E-state index contributed by atoms with van der Waals surface area (Å²) in [4.78, 5) is 4.72. The van der Waals surface area contributed by atoms with Crippen LogP contribution in [0.25, 0.3) is 11.0 Å². The number of nitrogens with zero attached hydrogens (tertiary/aromatic N) is 2. The van der Waals surface area contributed by atoms with Crippen LogP contribution in [0.15, 0.2) is 18.3 Å². The third-order valence-corrected chi connectivity index (χ3v) is 5.81. The number of pyridine rings is 1. The second-order valence-electron chi connectivity index (χ2n) is 7.53. The normalized spacial score (nSPS) is 18.2. The van der Waals surface area contributed by atoms with Gasteiger partial charge in [0, 0.05) is 39.2 Å². The lowest BCUT2D eigenvalue weighted by molar-refractivity contribution is 0.0898.